The number of rotatable bonds is 1. The Morgan fingerprint density at radius 1 is 1.31 bits per heavy atom. The van der Waals surface area contributed by atoms with Gasteiger partial charge in [0.15, 0.2) is 0 Å². The molecule has 0 radical (unpaired) electrons. The molecule has 0 bridgehead atoms. The topological polar surface area (TPSA) is 52.0 Å². The first-order valence-electron chi connectivity index (χ1n) is 4.05. The van der Waals surface area contributed by atoms with Crippen LogP contribution in [-0.4, -0.2) is 5.16 Å². The van der Waals surface area contributed by atoms with E-state index in [1.54, 1.807) is 0 Å². The molecule has 13 heavy (non-hydrogen) atoms. The van der Waals surface area contributed by atoms with Gasteiger partial charge >= 0.3 is 0 Å². The van der Waals surface area contributed by atoms with Crippen molar-refractivity contribution < 1.29 is 4.52 Å². The van der Waals surface area contributed by atoms with Gasteiger partial charge in [0.1, 0.15) is 11.5 Å². The fraction of sp³-hybridized carbons (Fsp3) is 0.100. The SMILES string of the molecule is Cc1cc(-c2cccc(N)c2)no1. The first kappa shape index (κ1) is 7.86. The molecule has 0 unspecified atom stereocenters. The van der Waals surface area contributed by atoms with E-state index in [0.717, 1.165) is 22.7 Å². The van der Waals surface area contributed by atoms with E-state index in [-0.39, 0.29) is 0 Å². The van der Waals surface area contributed by atoms with Crippen molar-refractivity contribution in [3.63, 3.8) is 0 Å². The van der Waals surface area contributed by atoms with Crippen molar-refractivity contribution in [1.82, 2.24) is 5.16 Å². The van der Waals surface area contributed by atoms with Gasteiger partial charge in [-0.1, -0.05) is 17.3 Å². The minimum Gasteiger partial charge on any atom is -0.399 e. The highest BCUT2D eigenvalue weighted by atomic mass is 16.5. The Kier molecular flexibility index (Phi) is 1.77. The molecular weight excluding hydrogens is 164 g/mol. The molecule has 0 amide bonds. The van der Waals surface area contributed by atoms with E-state index in [1.165, 1.54) is 0 Å². The van der Waals surface area contributed by atoms with E-state index in [9.17, 15) is 0 Å². The lowest BCUT2D eigenvalue weighted by molar-refractivity contribution is 0.399. The molecule has 0 saturated heterocycles. The maximum atomic E-state index is 5.64. The Labute approximate surface area is 76.2 Å². The summed E-state index contributed by atoms with van der Waals surface area (Å²) < 4.78 is 4.97. The van der Waals surface area contributed by atoms with Crippen LogP contribution in [0.5, 0.6) is 0 Å². The zero-order valence-corrected chi connectivity index (χ0v) is 7.32. The Balaban J connectivity index is 2.46. The summed E-state index contributed by atoms with van der Waals surface area (Å²) in [5, 5.41) is 3.90. The van der Waals surface area contributed by atoms with Crippen LogP contribution in [-0.2, 0) is 0 Å². The standard InChI is InChI=1S/C10H10N2O/c1-7-5-10(12-13-7)8-3-2-4-9(11)6-8/h2-6H,11H2,1H3. The van der Waals surface area contributed by atoms with Crippen LogP contribution in [0.25, 0.3) is 11.3 Å². The predicted octanol–water partition coefficient (Wildman–Crippen LogP) is 2.23. The van der Waals surface area contributed by atoms with E-state index in [2.05, 4.69) is 5.16 Å². The quantitative estimate of drug-likeness (QED) is 0.674. The monoisotopic (exact) mass is 174 g/mol. The lowest BCUT2D eigenvalue weighted by Gasteiger charge is -1.95. The van der Waals surface area contributed by atoms with Crippen LogP contribution in [0.15, 0.2) is 34.9 Å². The number of nitrogen functional groups attached to an aromatic ring is 1. The van der Waals surface area contributed by atoms with E-state index >= 15 is 0 Å². The van der Waals surface area contributed by atoms with E-state index in [0.29, 0.717) is 0 Å². The van der Waals surface area contributed by atoms with Gasteiger partial charge in [-0.25, -0.2) is 0 Å². The summed E-state index contributed by atoms with van der Waals surface area (Å²) >= 11 is 0. The minimum atomic E-state index is 0.734. The van der Waals surface area contributed by atoms with Crippen LogP contribution in [0, 0.1) is 6.92 Å². The van der Waals surface area contributed by atoms with E-state index < -0.39 is 0 Å². The van der Waals surface area contributed by atoms with Gasteiger partial charge in [-0.15, -0.1) is 0 Å². The molecule has 0 aliphatic heterocycles. The zero-order valence-electron chi connectivity index (χ0n) is 7.32. The summed E-state index contributed by atoms with van der Waals surface area (Å²) in [4.78, 5) is 0. The van der Waals surface area contributed by atoms with E-state index in [4.69, 9.17) is 10.3 Å². The van der Waals surface area contributed by atoms with Crippen LogP contribution in [0.4, 0.5) is 5.69 Å². The molecule has 0 saturated carbocycles. The smallest absolute Gasteiger partial charge is 0.134 e. The molecule has 66 valence electrons. The minimum absolute atomic E-state index is 0.734. The average Bonchev–Trinajstić information content (AvgIpc) is 2.52. The molecule has 0 aliphatic rings. The van der Waals surface area contributed by atoms with Gasteiger partial charge in [0.2, 0.25) is 0 Å². The van der Waals surface area contributed by atoms with Crippen LogP contribution < -0.4 is 5.73 Å². The first-order chi connectivity index (χ1) is 6.25. The summed E-state index contributed by atoms with van der Waals surface area (Å²) in [6.07, 6.45) is 0. The van der Waals surface area contributed by atoms with Crippen molar-refractivity contribution in [2.24, 2.45) is 0 Å². The third-order valence-electron chi connectivity index (χ3n) is 1.81. The van der Waals surface area contributed by atoms with Gasteiger partial charge in [0.25, 0.3) is 0 Å². The second-order valence-electron chi connectivity index (χ2n) is 2.95. The number of hydrogen-bond donors (Lipinski definition) is 1. The maximum absolute atomic E-state index is 5.64. The summed E-state index contributed by atoms with van der Waals surface area (Å²) in [5.41, 5.74) is 8.19. The van der Waals surface area contributed by atoms with Gasteiger partial charge in [-0.05, 0) is 19.1 Å². The number of aryl methyl sites for hydroxylation is 1. The molecule has 1 aromatic carbocycles. The third-order valence-corrected chi connectivity index (χ3v) is 1.81. The van der Waals surface area contributed by atoms with Crippen LogP contribution in [0.2, 0.25) is 0 Å². The Morgan fingerprint density at radius 3 is 2.77 bits per heavy atom. The van der Waals surface area contributed by atoms with Crippen molar-refractivity contribution in [3.8, 4) is 11.3 Å². The number of benzene rings is 1. The highest BCUT2D eigenvalue weighted by Crippen LogP contribution is 2.20. The number of nitrogens with two attached hydrogens (primary N) is 1. The number of anilines is 1. The number of hydrogen-bond acceptors (Lipinski definition) is 3. The lowest BCUT2D eigenvalue weighted by Crippen LogP contribution is -1.84. The molecule has 3 heteroatoms. The molecule has 0 spiro atoms. The van der Waals surface area contributed by atoms with Crippen molar-refractivity contribution >= 4 is 5.69 Å². The van der Waals surface area contributed by atoms with Gasteiger partial charge in [-0.3, -0.25) is 0 Å². The summed E-state index contributed by atoms with van der Waals surface area (Å²) in [6, 6.07) is 9.45. The van der Waals surface area contributed by atoms with Gasteiger partial charge in [-0.2, -0.15) is 0 Å². The van der Waals surface area contributed by atoms with Crippen molar-refractivity contribution in [2.75, 3.05) is 5.73 Å². The van der Waals surface area contributed by atoms with Crippen molar-refractivity contribution in [2.45, 2.75) is 6.92 Å². The Hall–Kier alpha value is -1.77. The number of aromatic nitrogens is 1. The molecule has 2 rings (SSSR count). The molecule has 2 aromatic rings. The maximum Gasteiger partial charge on any atom is 0.134 e. The van der Waals surface area contributed by atoms with Gasteiger partial charge < -0.3 is 10.3 Å². The summed E-state index contributed by atoms with van der Waals surface area (Å²) in [7, 11) is 0. The van der Waals surface area contributed by atoms with Crippen molar-refractivity contribution in [1.29, 1.82) is 0 Å². The first-order valence-corrected chi connectivity index (χ1v) is 4.05. The molecule has 1 aromatic heterocycles. The van der Waals surface area contributed by atoms with Gasteiger partial charge in [0, 0.05) is 17.3 Å². The fourth-order valence-electron chi connectivity index (χ4n) is 1.20. The highest BCUT2D eigenvalue weighted by molar-refractivity contribution is 5.63. The molecule has 0 fully saturated rings. The molecule has 0 atom stereocenters. The lowest BCUT2D eigenvalue weighted by atomic mass is 10.1. The average molecular weight is 174 g/mol. The summed E-state index contributed by atoms with van der Waals surface area (Å²) in [6.45, 7) is 1.86. The molecular formula is C10H10N2O. The zero-order chi connectivity index (χ0) is 9.26. The second kappa shape index (κ2) is 2.94. The van der Waals surface area contributed by atoms with E-state index in [1.807, 2.05) is 37.3 Å². The normalized spacial score (nSPS) is 10.2. The van der Waals surface area contributed by atoms with Gasteiger partial charge in [0.05, 0.1) is 0 Å². The molecule has 1 heterocycles. The second-order valence-corrected chi connectivity index (χ2v) is 2.95. The molecule has 3 nitrogen and oxygen atoms in total. The third kappa shape index (κ3) is 1.54. The number of nitrogens with zero attached hydrogens (tertiary/aromatic N) is 1. The van der Waals surface area contributed by atoms with Crippen LogP contribution in [0.1, 0.15) is 5.76 Å². The molecule has 0 aliphatic carbocycles. The van der Waals surface area contributed by atoms with Crippen LogP contribution in [0.3, 0.4) is 0 Å². The van der Waals surface area contributed by atoms with Crippen molar-refractivity contribution in [3.05, 3.63) is 36.1 Å². The Morgan fingerprint density at radius 2 is 2.15 bits per heavy atom. The molecule has 2 N–H and O–H groups in total. The fourth-order valence-corrected chi connectivity index (χ4v) is 1.20. The highest BCUT2D eigenvalue weighted by Gasteiger charge is 2.02. The van der Waals surface area contributed by atoms with Crippen LogP contribution >= 0.6 is 0 Å². The predicted molar refractivity (Wildman–Crippen MR) is 51.1 cm³/mol. The largest absolute Gasteiger partial charge is 0.399 e. The summed E-state index contributed by atoms with van der Waals surface area (Å²) in [5.74, 6) is 0.803. The Bertz CT molecular complexity index is 420.